The molecule has 6 nitrogen and oxygen atoms in total. The fourth-order valence-electron chi connectivity index (χ4n) is 5.40. The van der Waals surface area contributed by atoms with E-state index in [4.69, 9.17) is 9.47 Å². The molecular formula is C21H22O6S2. The molecule has 1 aliphatic heterocycles. The van der Waals surface area contributed by atoms with Gasteiger partial charge in [-0.25, -0.2) is 16.8 Å². The maximum atomic E-state index is 13.7. The number of fused-ring (bicyclic) bond motifs is 3. The van der Waals surface area contributed by atoms with Crippen LogP contribution in [0.3, 0.4) is 0 Å². The summed E-state index contributed by atoms with van der Waals surface area (Å²) in [5.41, 5.74) is 0. The van der Waals surface area contributed by atoms with Crippen molar-refractivity contribution in [2.75, 3.05) is 13.2 Å². The molecule has 1 heterocycles. The molecule has 3 fully saturated rings. The molecule has 0 aromatic heterocycles. The molecule has 0 unspecified atom stereocenters. The average Bonchev–Trinajstić information content (AvgIpc) is 3.44. The third-order valence-electron chi connectivity index (χ3n) is 6.49. The van der Waals surface area contributed by atoms with Crippen LogP contribution in [0.25, 0.3) is 0 Å². The zero-order valence-electron chi connectivity index (χ0n) is 15.7. The van der Waals surface area contributed by atoms with Crippen LogP contribution >= 0.6 is 0 Å². The van der Waals surface area contributed by atoms with Crippen LogP contribution in [-0.2, 0) is 29.1 Å². The lowest BCUT2D eigenvalue weighted by molar-refractivity contribution is -0.188. The first-order valence-electron chi connectivity index (χ1n) is 9.72. The summed E-state index contributed by atoms with van der Waals surface area (Å²) in [4.78, 5) is 0.298. The third-order valence-corrected chi connectivity index (χ3v) is 11.3. The highest BCUT2D eigenvalue weighted by Gasteiger charge is 2.69. The van der Waals surface area contributed by atoms with Crippen molar-refractivity contribution in [2.24, 2.45) is 11.8 Å². The number of benzene rings is 2. The monoisotopic (exact) mass is 434 g/mol. The Bertz CT molecular complexity index is 1110. The van der Waals surface area contributed by atoms with Gasteiger partial charge in [-0.1, -0.05) is 36.4 Å². The lowest BCUT2D eigenvalue weighted by Gasteiger charge is -2.40. The predicted molar refractivity (Wildman–Crippen MR) is 106 cm³/mol. The van der Waals surface area contributed by atoms with Gasteiger partial charge >= 0.3 is 0 Å². The highest BCUT2D eigenvalue weighted by molar-refractivity contribution is 7.96. The Labute approximate surface area is 170 Å². The van der Waals surface area contributed by atoms with Gasteiger partial charge in [0.25, 0.3) is 0 Å². The molecule has 0 N–H and O–H groups in total. The highest BCUT2D eigenvalue weighted by Crippen LogP contribution is 2.59. The van der Waals surface area contributed by atoms with Crippen LogP contribution in [0.15, 0.2) is 70.5 Å². The van der Waals surface area contributed by atoms with Gasteiger partial charge in [0.05, 0.1) is 33.5 Å². The zero-order chi connectivity index (χ0) is 20.3. The van der Waals surface area contributed by atoms with Gasteiger partial charge in [-0.2, -0.15) is 0 Å². The van der Waals surface area contributed by atoms with Crippen LogP contribution in [0.5, 0.6) is 0 Å². The number of hydrogen-bond acceptors (Lipinski definition) is 6. The van der Waals surface area contributed by atoms with Gasteiger partial charge < -0.3 is 9.47 Å². The van der Waals surface area contributed by atoms with Gasteiger partial charge in [-0.3, -0.25) is 0 Å². The first kappa shape index (κ1) is 19.2. The summed E-state index contributed by atoms with van der Waals surface area (Å²) in [7, 11) is -7.76. The standard InChI is InChI=1S/C21H22O6S2/c22-28(23,16-7-3-1-4-8-16)19-15-13-18(21(14-15)26-11-12-27-21)20(19)29(24,25)17-9-5-2-6-10-17/h1-10,15,18-20H,11-14H2/t15-,18+,19-,20-/m1/s1. The number of sulfone groups is 2. The SMILES string of the molecule is O=S(=O)(c1ccccc1)[C@@H]1[C@@H]2C[C@@H]([C@H]1S(=O)(=O)c1ccccc1)C1(C2)OCCO1. The van der Waals surface area contributed by atoms with Crippen LogP contribution in [0.2, 0.25) is 0 Å². The minimum absolute atomic E-state index is 0.138. The van der Waals surface area contributed by atoms with Crippen molar-refractivity contribution in [2.45, 2.75) is 38.9 Å². The van der Waals surface area contributed by atoms with Gasteiger partial charge in [-0.05, 0) is 36.6 Å². The van der Waals surface area contributed by atoms with E-state index in [2.05, 4.69) is 0 Å². The number of rotatable bonds is 4. The fourth-order valence-corrected chi connectivity index (χ4v) is 10.6. The molecule has 8 heteroatoms. The molecule has 3 aliphatic rings. The summed E-state index contributed by atoms with van der Waals surface area (Å²) in [5, 5.41) is -2.12. The second-order valence-electron chi connectivity index (χ2n) is 7.96. The van der Waals surface area contributed by atoms with E-state index in [-0.39, 0.29) is 15.7 Å². The van der Waals surface area contributed by atoms with E-state index in [0.717, 1.165) is 0 Å². The van der Waals surface area contributed by atoms with Crippen molar-refractivity contribution >= 4 is 19.7 Å². The molecule has 1 saturated heterocycles. The molecule has 4 atom stereocenters. The molecule has 29 heavy (non-hydrogen) atoms. The van der Waals surface area contributed by atoms with Crippen LogP contribution in [0.4, 0.5) is 0 Å². The van der Waals surface area contributed by atoms with Gasteiger partial charge in [0.1, 0.15) is 0 Å². The van der Waals surface area contributed by atoms with Crippen molar-refractivity contribution in [3.05, 3.63) is 60.7 Å². The average molecular weight is 435 g/mol. The molecule has 0 radical (unpaired) electrons. The van der Waals surface area contributed by atoms with Gasteiger partial charge in [0.15, 0.2) is 25.5 Å². The zero-order valence-corrected chi connectivity index (χ0v) is 17.3. The Morgan fingerprint density at radius 2 is 1.21 bits per heavy atom. The van der Waals surface area contributed by atoms with Crippen molar-refractivity contribution < 1.29 is 26.3 Å². The molecule has 154 valence electrons. The van der Waals surface area contributed by atoms with Crippen molar-refractivity contribution in [1.29, 1.82) is 0 Å². The summed E-state index contributed by atoms with van der Waals surface area (Å²) in [5.74, 6) is -1.82. The van der Waals surface area contributed by atoms with E-state index in [1.54, 1.807) is 36.4 Å². The molecule has 1 spiro atoms. The lowest BCUT2D eigenvalue weighted by Crippen LogP contribution is -2.54. The molecular weight excluding hydrogens is 412 g/mol. The first-order valence-corrected chi connectivity index (χ1v) is 12.8. The Kier molecular flexibility index (Phi) is 4.40. The second-order valence-corrected chi connectivity index (χ2v) is 12.2. The summed E-state index contributed by atoms with van der Waals surface area (Å²) < 4.78 is 66.3. The van der Waals surface area contributed by atoms with Crippen LogP contribution < -0.4 is 0 Å². The van der Waals surface area contributed by atoms with E-state index >= 15 is 0 Å². The molecule has 0 amide bonds. The number of ether oxygens (including phenoxy) is 2. The molecule has 2 bridgehead atoms. The van der Waals surface area contributed by atoms with Gasteiger partial charge in [-0.15, -0.1) is 0 Å². The van der Waals surface area contributed by atoms with Crippen molar-refractivity contribution in [3.8, 4) is 0 Å². The Hall–Kier alpha value is -1.74. The summed E-state index contributed by atoms with van der Waals surface area (Å²) >= 11 is 0. The quantitative estimate of drug-likeness (QED) is 0.735. The largest absolute Gasteiger partial charge is 0.347 e. The topological polar surface area (TPSA) is 86.7 Å². The fraction of sp³-hybridized carbons (Fsp3) is 0.429. The Balaban J connectivity index is 1.65. The Morgan fingerprint density at radius 1 is 0.724 bits per heavy atom. The van der Waals surface area contributed by atoms with E-state index in [1.807, 2.05) is 0 Å². The van der Waals surface area contributed by atoms with Crippen molar-refractivity contribution in [1.82, 2.24) is 0 Å². The Morgan fingerprint density at radius 3 is 1.72 bits per heavy atom. The van der Waals surface area contributed by atoms with E-state index < -0.39 is 41.9 Å². The minimum Gasteiger partial charge on any atom is -0.347 e. The van der Waals surface area contributed by atoms with Gasteiger partial charge in [0, 0.05) is 12.3 Å². The maximum Gasteiger partial charge on any atom is 0.183 e. The third kappa shape index (κ3) is 2.80. The van der Waals surface area contributed by atoms with E-state index in [9.17, 15) is 16.8 Å². The second kappa shape index (κ2) is 6.63. The van der Waals surface area contributed by atoms with Crippen LogP contribution in [0.1, 0.15) is 12.8 Å². The van der Waals surface area contributed by atoms with Crippen LogP contribution in [-0.4, -0.2) is 46.3 Å². The lowest BCUT2D eigenvalue weighted by atomic mass is 9.93. The molecule has 5 rings (SSSR count). The predicted octanol–water partition coefficient (Wildman–Crippen LogP) is 2.45. The minimum atomic E-state index is -3.91. The number of hydrogen-bond donors (Lipinski definition) is 0. The van der Waals surface area contributed by atoms with E-state index in [1.165, 1.54) is 24.3 Å². The summed E-state index contributed by atoms with van der Waals surface area (Å²) in [6.07, 6.45) is 0.878. The van der Waals surface area contributed by atoms with Gasteiger partial charge in [0.2, 0.25) is 0 Å². The van der Waals surface area contributed by atoms with Crippen molar-refractivity contribution in [3.63, 3.8) is 0 Å². The normalized spacial score (nSPS) is 30.8. The van der Waals surface area contributed by atoms with Crippen LogP contribution in [0, 0.1) is 11.8 Å². The smallest absolute Gasteiger partial charge is 0.183 e. The molecule has 2 aromatic carbocycles. The maximum absolute atomic E-state index is 13.7. The molecule has 2 saturated carbocycles. The molecule has 2 aromatic rings. The van der Waals surface area contributed by atoms with E-state index in [0.29, 0.717) is 26.1 Å². The molecule has 2 aliphatic carbocycles. The first-order chi connectivity index (χ1) is 13.9. The summed E-state index contributed by atoms with van der Waals surface area (Å²) in [6, 6.07) is 16.2. The highest BCUT2D eigenvalue weighted by atomic mass is 32.2. The summed E-state index contributed by atoms with van der Waals surface area (Å²) in [6.45, 7) is 0.800.